The van der Waals surface area contributed by atoms with Gasteiger partial charge in [-0.3, -0.25) is 4.98 Å². The van der Waals surface area contributed by atoms with Gasteiger partial charge in [-0.1, -0.05) is 94.6 Å². The van der Waals surface area contributed by atoms with Crippen LogP contribution in [0.2, 0.25) is 0 Å². The van der Waals surface area contributed by atoms with E-state index in [4.69, 9.17) is 4.74 Å². The first-order valence-electron chi connectivity index (χ1n) is 15.7. The molecule has 1 aromatic heterocycles. The van der Waals surface area contributed by atoms with Crippen molar-refractivity contribution in [3.8, 4) is 16.9 Å². The van der Waals surface area contributed by atoms with Crippen LogP contribution in [0, 0.1) is 5.41 Å². The Balaban J connectivity index is 1.28. The molecule has 0 aliphatic heterocycles. The van der Waals surface area contributed by atoms with E-state index in [1.54, 1.807) is 36.7 Å². The standard InChI is InChI=1S/C37H45N3O3S/c1-37(2,3)28-43-35-19-21-36(22-20-35)44(41,42)40(27-31-8-7-23-38-24-31)26-30-13-17-33(18-14-30)32-15-11-29(12-16-32)25-39-34-9-5-4-6-10-34/h7-8,11-24,34,39H,4-6,9-10,25-28H2,1-3H3. The molecule has 1 N–H and O–H groups in total. The smallest absolute Gasteiger partial charge is 0.243 e. The molecule has 3 aromatic carbocycles. The number of hydrogen-bond acceptors (Lipinski definition) is 5. The zero-order chi connectivity index (χ0) is 31.0. The summed E-state index contributed by atoms with van der Waals surface area (Å²) in [4.78, 5) is 4.43. The number of benzene rings is 3. The van der Waals surface area contributed by atoms with Crippen LogP contribution in [0.1, 0.15) is 69.6 Å². The summed E-state index contributed by atoms with van der Waals surface area (Å²) in [6.07, 6.45) is 10.0. The van der Waals surface area contributed by atoms with Crippen molar-refractivity contribution in [3.05, 3.63) is 114 Å². The number of pyridine rings is 1. The highest BCUT2D eigenvalue weighted by atomic mass is 32.2. The van der Waals surface area contributed by atoms with Gasteiger partial charge in [-0.2, -0.15) is 4.31 Å². The van der Waals surface area contributed by atoms with Crippen LogP contribution in [-0.4, -0.2) is 30.4 Å². The predicted molar refractivity (Wildman–Crippen MR) is 178 cm³/mol. The molecular weight excluding hydrogens is 566 g/mol. The fourth-order valence-electron chi connectivity index (χ4n) is 5.47. The molecule has 0 bridgehead atoms. The van der Waals surface area contributed by atoms with Crippen LogP contribution in [0.15, 0.2) is 102 Å². The van der Waals surface area contributed by atoms with Gasteiger partial charge in [-0.25, -0.2) is 8.42 Å². The SMILES string of the molecule is CC(C)(C)COc1ccc(S(=O)(=O)N(Cc2ccc(-c3ccc(CNC4CCCCC4)cc3)cc2)Cc2cccnc2)cc1. The van der Waals surface area contributed by atoms with Gasteiger partial charge >= 0.3 is 0 Å². The Hall–Kier alpha value is -3.52. The molecular formula is C37H45N3O3S. The highest BCUT2D eigenvalue weighted by Crippen LogP contribution is 2.26. The molecule has 7 heteroatoms. The van der Waals surface area contributed by atoms with Crippen LogP contribution in [0.5, 0.6) is 5.75 Å². The van der Waals surface area contributed by atoms with Crippen molar-refractivity contribution in [2.75, 3.05) is 6.61 Å². The minimum absolute atomic E-state index is 0.00981. The van der Waals surface area contributed by atoms with Crippen molar-refractivity contribution in [2.45, 2.75) is 83.4 Å². The maximum absolute atomic E-state index is 13.9. The minimum Gasteiger partial charge on any atom is -0.493 e. The van der Waals surface area contributed by atoms with Crippen LogP contribution >= 0.6 is 0 Å². The Kier molecular flexibility index (Phi) is 10.5. The van der Waals surface area contributed by atoms with Gasteiger partial charge in [-0.05, 0) is 76.4 Å². The largest absolute Gasteiger partial charge is 0.493 e. The van der Waals surface area contributed by atoms with Gasteiger partial charge in [-0.15, -0.1) is 0 Å². The normalized spacial score (nSPS) is 14.5. The number of sulfonamides is 1. The molecule has 0 amide bonds. The Labute approximate surface area is 263 Å². The van der Waals surface area contributed by atoms with Crippen LogP contribution in [0.25, 0.3) is 11.1 Å². The highest BCUT2D eigenvalue weighted by Gasteiger charge is 2.25. The second-order valence-electron chi connectivity index (χ2n) is 13.1. The fraction of sp³-hybridized carbons (Fsp3) is 0.378. The molecule has 5 rings (SSSR count). The van der Waals surface area contributed by atoms with E-state index in [9.17, 15) is 8.42 Å². The average molecular weight is 612 g/mol. The number of aromatic nitrogens is 1. The first kappa shape index (κ1) is 31.9. The summed E-state index contributed by atoms with van der Waals surface area (Å²) in [5.74, 6) is 0.654. The summed E-state index contributed by atoms with van der Waals surface area (Å²) in [6, 6.07) is 28.0. The van der Waals surface area contributed by atoms with Crippen LogP contribution in [0.3, 0.4) is 0 Å². The maximum atomic E-state index is 13.9. The maximum Gasteiger partial charge on any atom is 0.243 e. The fourth-order valence-corrected chi connectivity index (χ4v) is 6.88. The third-order valence-electron chi connectivity index (χ3n) is 8.02. The van der Waals surface area contributed by atoms with Gasteiger partial charge in [0.25, 0.3) is 0 Å². The molecule has 0 atom stereocenters. The number of hydrogen-bond donors (Lipinski definition) is 1. The lowest BCUT2D eigenvalue weighted by molar-refractivity contribution is 0.198. The van der Waals surface area contributed by atoms with E-state index in [-0.39, 0.29) is 23.4 Å². The lowest BCUT2D eigenvalue weighted by Crippen LogP contribution is -2.30. The lowest BCUT2D eigenvalue weighted by atomic mass is 9.95. The summed E-state index contributed by atoms with van der Waals surface area (Å²) in [6.45, 7) is 8.20. The van der Waals surface area contributed by atoms with E-state index in [1.807, 2.05) is 24.3 Å². The number of nitrogens with zero attached hydrogens (tertiary/aromatic N) is 2. The molecule has 0 saturated heterocycles. The van der Waals surface area contributed by atoms with Gasteiger partial charge in [0.2, 0.25) is 10.0 Å². The summed E-state index contributed by atoms with van der Waals surface area (Å²) in [7, 11) is -3.79. The van der Waals surface area contributed by atoms with Crippen molar-refractivity contribution in [1.82, 2.24) is 14.6 Å². The van der Waals surface area contributed by atoms with Crippen LogP contribution in [0.4, 0.5) is 0 Å². The molecule has 6 nitrogen and oxygen atoms in total. The van der Waals surface area contributed by atoms with Gasteiger partial charge in [0.1, 0.15) is 5.75 Å². The molecule has 232 valence electrons. The molecule has 0 spiro atoms. The molecule has 1 saturated carbocycles. The minimum atomic E-state index is -3.79. The Bertz CT molecular complexity index is 1560. The Morgan fingerprint density at radius 2 is 1.41 bits per heavy atom. The number of rotatable bonds is 12. The van der Waals surface area contributed by atoms with Gasteiger partial charge in [0, 0.05) is 38.1 Å². The summed E-state index contributed by atoms with van der Waals surface area (Å²) >= 11 is 0. The van der Waals surface area contributed by atoms with Crippen LogP contribution < -0.4 is 10.1 Å². The van der Waals surface area contributed by atoms with Gasteiger partial charge < -0.3 is 10.1 Å². The van der Waals surface area contributed by atoms with E-state index in [0.29, 0.717) is 18.4 Å². The van der Waals surface area contributed by atoms with E-state index < -0.39 is 10.0 Å². The molecule has 1 aliphatic rings. The molecule has 1 fully saturated rings. The predicted octanol–water partition coefficient (Wildman–Crippen LogP) is 7.99. The second-order valence-corrected chi connectivity index (χ2v) is 15.0. The van der Waals surface area contributed by atoms with Crippen molar-refractivity contribution in [1.29, 1.82) is 0 Å². The molecule has 1 heterocycles. The molecule has 0 unspecified atom stereocenters. The first-order chi connectivity index (χ1) is 21.2. The van der Waals surface area contributed by atoms with Gasteiger partial charge in [0.05, 0.1) is 11.5 Å². The van der Waals surface area contributed by atoms with E-state index >= 15 is 0 Å². The second kappa shape index (κ2) is 14.5. The summed E-state index contributed by atoms with van der Waals surface area (Å²) in [5.41, 5.74) is 5.30. The monoisotopic (exact) mass is 611 g/mol. The topological polar surface area (TPSA) is 71.5 Å². The van der Waals surface area contributed by atoms with Crippen LogP contribution in [-0.2, 0) is 29.7 Å². The zero-order valence-electron chi connectivity index (χ0n) is 26.2. The quantitative estimate of drug-likeness (QED) is 0.176. The van der Waals surface area contributed by atoms with Crippen molar-refractivity contribution < 1.29 is 13.2 Å². The van der Waals surface area contributed by atoms with Crippen molar-refractivity contribution in [3.63, 3.8) is 0 Å². The first-order valence-corrected chi connectivity index (χ1v) is 17.1. The average Bonchev–Trinajstić information content (AvgIpc) is 3.04. The third kappa shape index (κ3) is 9.00. The Morgan fingerprint density at radius 1 is 0.795 bits per heavy atom. The molecule has 4 aromatic rings. The van der Waals surface area contributed by atoms with Crippen molar-refractivity contribution >= 4 is 10.0 Å². The summed E-state index contributed by atoms with van der Waals surface area (Å²) < 4.78 is 35.2. The molecule has 44 heavy (non-hydrogen) atoms. The van der Waals surface area contributed by atoms with E-state index in [2.05, 4.69) is 67.5 Å². The summed E-state index contributed by atoms with van der Waals surface area (Å²) in [5, 5.41) is 3.71. The highest BCUT2D eigenvalue weighted by molar-refractivity contribution is 7.89. The molecule has 1 aliphatic carbocycles. The lowest BCUT2D eigenvalue weighted by Gasteiger charge is -2.23. The van der Waals surface area contributed by atoms with E-state index in [1.165, 1.54) is 42.0 Å². The molecule has 0 radical (unpaired) electrons. The Morgan fingerprint density at radius 3 is 2.00 bits per heavy atom. The van der Waals surface area contributed by atoms with Crippen molar-refractivity contribution in [2.24, 2.45) is 5.41 Å². The zero-order valence-corrected chi connectivity index (χ0v) is 27.0. The van der Waals surface area contributed by atoms with E-state index in [0.717, 1.165) is 28.8 Å². The van der Waals surface area contributed by atoms with Gasteiger partial charge in [0.15, 0.2) is 0 Å². The number of ether oxygens (including phenoxy) is 1. The number of nitrogens with one attached hydrogen (secondary N) is 1. The third-order valence-corrected chi connectivity index (χ3v) is 9.82.